The normalized spacial score (nSPS) is 22.2. The van der Waals surface area contributed by atoms with Gasteiger partial charge in [0, 0.05) is 19.0 Å². The number of piperidine rings is 1. The standard InChI is InChI=1S/C12H22N2O3/c1-2-5-9(13)8-11(15)14-7-4-3-6-10(14)12(16)17/h9-10H,2-8,13H2,1H3,(H,16,17)/t9?,10-/m1/s1. The van der Waals surface area contributed by atoms with Crippen LogP contribution in [0.4, 0.5) is 0 Å². The van der Waals surface area contributed by atoms with E-state index >= 15 is 0 Å². The molecular formula is C12H22N2O3. The minimum Gasteiger partial charge on any atom is -0.480 e. The predicted molar refractivity (Wildman–Crippen MR) is 64.5 cm³/mol. The molecular weight excluding hydrogens is 220 g/mol. The molecule has 0 bridgehead atoms. The molecule has 1 rings (SSSR count). The van der Waals surface area contributed by atoms with Crippen LogP contribution in [0, 0.1) is 0 Å². The van der Waals surface area contributed by atoms with Gasteiger partial charge >= 0.3 is 5.97 Å². The molecule has 0 radical (unpaired) electrons. The van der Waals surface area contributed by atoms with Crippen LogP contribution in [-0.2, 0) is 9.59 Å². The van der Waals surface area contributed by atoms with Crippen LogP contribution in [-0.4, -0.2) is 40.5 Å². The summed E-state index contributed by atoms with van der Waals surface area (Å²) in [6.07, 6.45) is 4.33. The Balaban J connectivity index is 2.56. The van der Waals surface area contributed by atoms with Crippen LogP contribution >= 0.6 is 0 Å². The third-order valence-corrected chi connectivity index (χ3v) is 3.20. The fourth-order valence-corrected chi connectivity index (χ4v) is 2.30. The summed E-state index contributed by atoms with van der Waals surface area (Å²) in [5, 5.41) is 9.07. The minimum absolute atomic E-state index is 0.113. The van der Waals surface area contributed by atoms with Gasteiger partial charge in [0.15, 0.2) is 0 Å². The van der Waals surface area contributed by atoms with E-state index in [1.807, 2.05) is 6.92 Å². The summed E-state index contributed by atoms with van der Waals surface area (Å²) >= 11 is 0. The number of carbonyl (C=O) groups is 2. The van der Waals surface area contributed by atoms with Crippen molar-refractivity contribution in [2.24, 2.45) is 5.73 Å². The van der Waals surface area contributed by atoms with Crippen LogP contribution in [0.15, 0.2) is 0 Å². The number of hydrogen-bond acceptors (Lipinski definition) is 3. The Kier molecular flexibility index (Phi) is 5.41. The number of nitrogens with zero attached hydrogens (tertiary/aromatic N) is 1. The molecule has 5 nitrogen and oxygen atoms in total. The fraction of sp³-hybridized carbons (Fsp3) is 0.833. The Morgan fingerprint density at radius 2 is 2.18 bits per heavy atom. The highest BCUT2D eigenvalue weighted by Crippen LogP contribution is 2.18. The van der Waals surface area contributed by atoms with Crippen LogP contribution in [0.25, 0.3) is 0 Å². The van der Waals surface area contributed by atoms with E-state index in [9.17, 15) is 9.59 Å². The van der Waals surface area contributed by atoms with Crippen molar-refractivity contribution in [3.05, 3.63) is 0 Å². The van der Waals surface area contributed by atoms with Gasteiger partial charge in [0.05, 0.1) is 0 Å². The predicted octanol–water partition coefficient (Wildman–Crippen LogP) is 0.970. The van der Waals surface area contributed by atoms with E-state index in [1.165, 1.54) is 4.90 Å². The Labute approximate surface area is 102 Å². The number of aliphatic carboxylic acids is 1. The van der Waals surface area contributed by atoms with Gasteiger partial charge in [-0.1, -0.05) is 13.3 Å². The quantitative estimate of drug-likeness (QED) is 0.752. The van der Waals surface area contributed by atoms with Crippen molar-refractivity contribution >= 4 is 11.9 Å². The molecule has 0 spiro atoms. The minimum atomic E-state index is -0.901. The maximum atomic E-state index is 12.0. The molecule has 1 amide bonds. The third-order valence-electron chi connectivity index (χ3n) is 3.20. The topological polar surface area (TPSA) is 83.6 Å². The van der Waals surface area contributed by atoms with Crippen LogP contribution in [0.3, 0.4) is 0 Å². The molecule has 1 saturated heterocycles. The van der Waals surface area contributed by atoms with E-state index in [0.717, 1.165) is 25.7 Å². The number of amides is 1. The molecule has 17 heavy (non-hydrogen) atoms. The number of rotatable bonds is 5. The van der Waals surface area contributed by atoms with E-state index in [-0.39, 0.29) is 18.4 Å². The smallest absolute Gasteiger partial charge is 0.326 e. The molecule has 1 unspecified atom stereocenters. The molecule has 5 heteroatoms. The van der Waals surface area contributed by atoms with Crippen molar-refractivity contribution in [2.45, 2.75) is 57.5 Å². The molecule has 0 aliphatic carbocycles. The highest BCUT2D eigenvalue weighted by atomic mass is 16.4. The summed E-state index contributed by atoms with van der Waals surface area (Å²) < 4.78 is 0. The van der Waals surface area contributed by atoms with Crippen molar-refractivity contribution in [2.75, 3.05) is 6.54 Å². The number of nitrogens with two attached hydrogens (primary N) is 1. The lowest BCUT2D eigenvalue weighted by Crippen LogP contribution is -2.49. The largest absolute Gasteiger partial charge is 0.480 e. The van der Waals surface area contributed by atoms with Crippen molar-refractivity contribution in [1.82, 2.24) is 4.90 Å². The monoisotopic (exact) mass is 242 g/mol. The maximum Gasteiger partial charge on any atom is 0.326 e. The molecule has 98 valence electrons. The molecule has 0 aromatic rings. The van der Waals surface area contributed by atoms with Gasteiger partial charge < -0.3 is 15.7 Å². The fourth-order valence-electron chi connectivity index (χ4n) is 2.30. The number of carbonyl (C=O) groups excluding carboxylic acids is 1. The molecule has 0 saturated carbocycles. The molecule has 0 aromatic heterocycles. The SMILES string of the molecule is CCCC(N)CC(=O)N1CCCC[C@@H]1C(=O)O. The number of hydrogen-bond donors (Lipinski definition) is 2. The Morgan fingerprint density at radius 1 is 1.47 bits per heavy atom. The Morgan fingerprint density at radius 3 is 2.76 bits per heavy atom. The Bertz CT molecular complexity index is 281. The summed E-state index contributed by atoms with van der Waals surface area (Å²) in [7, 11) is 0. The van der Waals surface area contributed by atoms with Gasteiger partial charge in [0.1, 0.15) is 6.04 Å². The van der Waals surface area contributed by atoms with Gasteiger partial charge in [-0.2, -0.15) is 0 Å². The zero-order chi connectivity index (χ0) is 12.8. The van der Waals surface area contributed by atoms with Crippen molar-refractivity contribution in [3.8, 4) is 0 Å². The summed E-state index contributed by atoms with van der Waals surface area (Å²) in [5.74, 6) is -1.01. The second-order valence-corrected chi connectivity index (χ2v) is 4.69. The lowest BCUT2D eigenvalue weighted by Gasteiger charge is -2.33. The van der Waals surface area contributed by atoms with E-state index in [2.05, 4.69) is 0 Å². The first kappa shape index (κ1) is 14.0. The first-order valence-electron chi connectivity index (χ1n) is 6.34. The van der Waals surface area contributed by atoms with Gasteiger partial charge in [0.2, 0.25) is 5.91 Å². The van der Waals surface area contributed by atoms with Gasteiger partial charge in [-0.3, -0.25) is 4.79 Å². The maximum absolute atomic E-state index is 12.0. The summed E-state index contributed by atoms with van der Waals surface area (Å²) in [4.78, 5) is 24.5. The Hall–Kier alpha value is -1.10. The first-order valence-corrected chi connectivity index (χ1v) is 6.34. The lowest BCUT2D eigenvalue weighted by molar-refractivity contribution is -0.152. The number of likely N-dealkylation sites (tertiary alicyclic amines) is 1. The van der Waals surface area contributed by atoms with Gasteiger partial charge in [-0.15, -0.1) is 0 Å². The molecule has 1 aliphatic rings. The van der Waals surface area contributed by atoms with Crippen molar-refractivity contribution in [1.29, 1.82) is 0 Å². The van der Waals surface area contributed by atoms with Crippen LogP contribution in [0.1, 0.15) is 45.4 Å². The van der Waals surface area contributed by atoms with E-state index in [0.29, 0.717) is 13.0 Å². The highest BCUT2D eigenvalue weighted by molar-refractivity contribution is 5.84. The third kappa shape index (κ3) is 4.00. The zero-order valence-electron chi connectivity index (χ0n) is 10.4. The number of carboxylic acid groups (broad SMARTS) is 1. The molecule has 1 heterocycles. The summed E-state index contributed by atoms with van der Waals surface area (Å²) in [5.41, 5.74) is 5.82. The average molecular weight is 242 g/mol. The average Bonchev–Trinajstić information content (AvgIpc) is 2.29. The molecule has 1 fully saturated rings. The molecule has 2 atom stereocenters. The summed E-state index contributed by atoms with van der Waals surface area (Å²) in [6, 6.07) is -0.797. The van der Waals surface area contributed by atoms with Crippen LogP contribution < -0.4 is 5.73 Å². The van der Waals surface area contributed by atoms with Crippen molar-refractivity contribution < 1.29 is 14.7 Å². The lowest BCUT2D eigenvalue weighted by atomic mass is 10.0. The van der Waals surface area contributed by atoms with E-state index in [4.69, 9.17) is 10.8 Å². The summed E-state index contributed by atoms with van der Waals surface area (Å²) in [6.45, 7) is 2.57. The molecule has 1 aliphatic heterocycles. The molecule has 3 N–H and O–H groups in total. The zero-order valence-corrected chi connectivity index (χ0v) is 10.4. The van der Waals surface area contributed by atoms with Gasteiger partial charge in [-0.05, 0) is 25.7 Å². The number of carboxylic acids is 1. The second-order valence-electron chi connectivity index (χ2n) is 4.69. The van der Waals surface area contributed by atoms with E-state index < -0.39 is 12.0 Å². The highest BCUT2D eigenvalue weighted by Gasteiger charge is 2.32. The molecule has 0 aromatic carbocycles. The van der Waals surface area contributed by atoms with Gasteiger partial charge in [-0.25, -0.2) is 4.79 Å². The first-order chi connectivity index (χ1) is 8.06. The second kappa shape index (κ2) is 6.59. The van der Waals surface area contributed by atoms with Crippen LogP contribution in [0.5, 0.6) is 0 Å². The van der Waals surface area contributed by atoms with Crippen molar-refractivity contribution in [3.63, 3.8) is 0 Å². The van der Waals surface area contributed by atoms with Crippen LogP contribution in [0.2, 0.25) is 0 Å². The van der Waals surface area contributed by atoms with E-state index in [1.54, 1.807) is 0 Å². The van der Waals surface area contributed by atoms with Gasteiger partial charge in [0.25, 0.3) is 0 Å².